The van der Waals surface area contributed by atoms with E-state index in [2.05, 4.69) is 61.6 Å². The largest absolute Gasteiger partial charge is 0.327 e. The Labute approximate surface area is 164 Å². The van der Waals surface area contributed by atoms with Crippen molar-refractivity contribution in [1.29, 1.82) is 0 Å². The fraction of sp³-hybridized carbons (Fsp3) is 0.391. The first-order chi connectivity index (χ1) is 13.7. The minimum Gasteiger partial charge on any atom is -0.327 e. The smallest absolute Gasteiger partial charge is 0.136 e. The zero-order chi connectivity index (χ0) is 18.7. The molecule has 3 aromatic heterocycles. The molecule has 1 saturated carbocycles. The van der Waals surface area contributed by atoms with Gasteiger partial charge in [0.2, 0.25) is 0 Å². The highest BCUT2D eigenvalue weighted by molar-refractivity contribution is 5.82. The standard InChI is InChI=1S/C23H25N5/c1-16-14-27-15-18(6-8-22(27)24-16)17-5-7-21-20(13-17)25-23-9-10-26(11-12-28(21)23)19-3-2-4-19/h5-8,13-15,19H,2-4,9-12H2,1H3. The van der Waals surface area contributed by atoms with E-state index >= 15 is 0 Å². The monoisotopic (exact) mass is 371 g/mol. The maximum atomic E-state index is 5.02. The summed E-state index contributed by atoms with van der Waals surface area (Å²) in [5.41, 5.74) is 6.84. The Bertz CT molecular complexity index is 1180. The molecule has 28 heavy (non-hydrogen) atoms. The molecule has 142 valence electrons. The van der Waals surface area contributed by atoms with E-state index in [1.807, 2.05) is 6.92 Å². The van der Waals surface area contributed by atoms with Crippen molar-refractivity contribution < 1.29 is 0 Å². The molecular formula is C23H25N5. The maximum Gasteiger partial charge on any atom is 0.136 e. The highest BCUT2D eigenvalue weighted by Crippen LogP contribution is 2.29. The lowest BCUT2D eigenvalue weighted by atomic mass is 9.91. The summed E-state index contributed by atoms with van der Waals surface area (Å²) < 4.78 is 4.55. The summed E-state index contributed by atoms with van der Waals surface area (Å²) in [6.45, 7) is 5.39. The summed E-state index contributed by atoms with van der Waals surface area (Å²) >= 11 is 0. The number of nitrogens with zero attached hydrogens (tertiary/aromatic N) is 5. The van der Waals surface area contributed by atoms with E-state index in [1.165, 1.54) is 41.7 Å². The van der Waals surface area contributed by atoms with E-state index in [0.717, 1.165) is 49.0 Å². The molecule has 6 rings (SSSR count). The molecule has 0 unspecified atom stereocenters. The SMILES string of the molecule is Cc1cn2cc(-c3ccc4c(c3)nc3n4CCN(C4CCC4)CC3)ccc2n1. The topological polar surface area (TPSA) is 38.4 Å². The van der Waals surface area contributed by atoms with Crippen LogP contribution in [0.2, 0.25) is 0 Å². The van der Waals surface area contributed by atoms with Crippen molar-refractivity contribution in [2.45, 2.75) is 45.2 Å². The fourth-order valence-electron chi connectivity index (χ4n) is 4.79. The van der Waals surface area contributed by atoms with Gasteiger partial charge >= 0.3 is 0 Å². The lowest BCUT2D eigenvalue weighted by Gasteiger charge is -2.36. The Kier molecular flexibility index (Phi) is 3.60. The molecular weight excluding hydrogens is 346 g/mol. The number of hydrogen-bond acceptors (Lipinski definition) is 3. The van der Waals surface area contributed by atoms with Gasteiger partial charge in [0, 0.05) is 44.5 Å². The molecule has 1 aliphatic carbocycles. The van der Waals surface area contributed by atoms with Crippen LogP contribution in [0, 0.1) is 6.92 Å². The second-order valence-electron chi connectivity index (χ2n) is 8.32. The van der Waals surface area contributed by atoms with Crippen molar-refractivity contribution in [2.75, 3.05) is 13.1 Å². The van der Waals surface area contributed by atoms with Gasteiger partial charge in [-0.3, -0.25) is 4.90 Å². The number of imidazole rings is 2. The first-order valence-corrected chi connectivity index (χ1v) is 10.4. The quantitative estimate of drug-likeness (QED) is 0.533. The molecule has 2 aliphatic rings. The van der Waals surface area contributed by atoms with E-state index in [9.17, 15) is 0 Å². The molecule has 4 heterocycles. The van der Waals surface area contributed by atoms with Crippen LogP contribution in [-0.2, 0) is 13.0 Å². The van der Waals surface area contributed by atoms with Crippen LogP contribution >= 0.6 is 0 Å². The minimum atomic E-state index is 0.823. The van der Waals surface area contributed by atoms with Crippen molar-refractivity contribution >= 4 is 16.7 Å². The van der Waals surface area contributed by atoms with Gasteiger partial charge in [-0.05, 0) is 55.2 Å². The van der Waals surface area contributed by atoms with Gasteiger partial charge in [-0.2, -0.15) is 0 Å². The lowest BCUT2D eigenvalue weighted by Crippen LogP contribution is -2.41. The maximum absolute atomic E-state index is 5.02. The number of hydrogen-bond donors (Lipinski definition) is 0. The van der Waals surface area contributed by atoms with Crippen LogP contribution in [0.25, 0.3) is 27.8 Å². The number of fused-ring (bicyclic) bond motifs is 4. The van der Waals surface area contributed by atoms with Crippen molar-refractivity contribution in [2.24, 2.45) is 0 Å². The molecule has 0 N–H and O–H groups in total. The van der Waals surface area contributed by atoms with Gasteiger partial charge in [-0.25, -0.2) is 9.97 Å². The summed E-state index contributed by atoms with van der Waals surface area (Å²) in [6.07, 6.45) is 9.46. The normalized spacial score (nSPS) is 18.3. The van der Waals surface area contributed by atoms with Gasteiger partial charge in [0.05, 0.1) is 16.7 Å². The molecule has 0 spiro atoms. The van der Waals surface area contributed by atoms with Gasteiger partial charge in [-0.15, -0.1) is 0 Å². The molecule has 1 aromatic carbocycles. The summed E-state index contributed by atoms with van der Waals surface area (Å²) in [4.78, 5) is 12.2. The van der Waals surface area contributed by atoms with Gasteiger partial charge in [-0.1, -0.05) is 12.5 Å². The number of aromatic nitrogens is 4. The molecule has 0 radical (unpaired) electrons. The third kappa shape index (κ3) is 2.57. The first-order valence-electron chi connectivity index (χ1n) is 10.4. The highest BCUT2D eigenvalue weighted by atomic mass is 15.2. The van der Waals surface area contributed by atoms with E-state index in [4.69, 9.17) is 4.98 Å². The average molecular weight is 371 g/mol. The Balaban J connectivity index is 1.35. The molecule has 0 bridgehead atoms. The van der Waals surface area contributed by atoms with Crippen molar-refractivity contribution in [3.05, 3.63) is 54.2 Å². The van der Waals surface area contributed by atoms with E-state index in [0.29, 0.717) is 0 Å². The summed E-state index contributed by atoms with van der Waals surface area (Å²) in [6, 6.07) is 11.8. The summed E-state index contributed by atoms with van der Waals surface area (Å²) in [5.74, 6) is 1.25. The molecule has 5 heteroatoms. The van der Waals surface area contributed by atoms with Crippen molar-refractivity contribution in [3.63, 3.8) is 0 Å². The van der Waals surface area contributed by atoms with Crippen LogP contribution < -0.4 is 0 Å². The van der Waals surface area contributed by atoms with E-state index in [-0.39, 0.29) is 0 Å². The fourth-order valence-corrected chi connectivity index (χ4v) is 4.79. The molecule has 0 atom stereocenters. The third-order valence-electron chi connectivity index (χ3n) is 6.56. The van der Waals surface area contributed by atoms with Crippen molar-refractivity contribution in [3.8, 4) is 11.1 Å². The molecule has 1 fully saturated rings. The minimum absolute atomic E-state index is 0.823. The summed E-state index contributed by atoms with van der Waals surface area (Å²) in [5, 5.41) is 0. The summed E-state index contributed by atoms with van der Waals surface area (Å²) in [7, 11) is 0. The van der Waals surface area contributed by atoms with E-state index in [1.54, 1.807) is 0 Å². The van der Waals surface area contributed by atoms with Crippen LogP contribution in [0.1, 0.15) is 30.8 Å². The zero-order valence-electron chi connectivity index (χ0n) is 16.3. The predicted octanol–water partition coefficient (Wildman–Crippen LogP) is 4.07. The van der Waals surface area contributed by atoms with E-state index < -0.39 is 0 Å². The second-order valence-corrected chi connectivity index (χ2v) is 8.32. The number of pyridine rings is 1. The van der Waals surface area contributed by atoms with Crippen LogP contribution in [0.15, 0.2) is 42.7 Å². The average Bonchev–Trinajstić information content (AvgIpc) is 3.13. The van der Waals surface area contributed by atoms with Crippen LogP contribution in [-0.4, -0.2) is 43.0 Å². The lowest BCUT2D eigenvalue weighted by molar-refractivity contribution is 0.130. The highest BCUT2D eigenvalue weighted by Gasteiger charge is 2.27. The zero-order valence-corrected chi connectivity index (χ0v) is 16.3. The molecule has 1 aliphatic heterocycles. The predicted molar refractivity (Wildman–Crippen MR) is 112 cm³/mol. The number of aryl methyl sites for hydroxylation is 1. The van der Waals surface area contributed by atoms with Crippen molar-refractivity contribution in [1.82, 2.24) is 23.8 Å². The van der Waals surface area contributed by atoms with Crippen LogP contribution in [0.5, 0.6) is 0 Å². The van der Waals surface area contributed by atoms with Crippen LogP contribution in [0.4, 0.5) is 0 Å². The molecule has 5 nitrogen and oxygen atoms in total. The molecule has 4 aromatic rings. The Hall–Kier alpha value is -2.66. The number of benzene rings is 1. The van der Waals surface area contributed by atoms with Gasteiger partial charge < -0.3 is 8.97 Å². The van der Waals surface area contributed by atoms with Gasteiger partial charge in [0.25, 0.3) is 0 Å². The Morgan fingerprint density at radius 1 is 0.929 bits per heavy atom. The first kappa shape index (κ1) is 16.3. The van der Waals surface area contributed by atoms with Gasteiger partial charge in [0.1, 0.15) is 11.5 Å². The second kappa shape index (κ2) is 6.17. The Morgan fingerprint density at radius 3 is 2.68 bits per heavy atom. The third-order valence-corrected chi connectivity index (χ3v) is 6.56. The molecule has 0 amide bonds. The van der Waals surface area contributed by atoms with Crippen LogP contribution in [0.3, 0.4) is 0 Å². The Morgan fingerprint density at radius 2 is 1.82 bits per heavy atom. The number of rotatable bonds is 2. The van der Waals surface area contributed by atoms with Gasteiger partial charge in [0.15, 0.2) is 0 Å². The molecule has 0 saturated heterocycles.